The summed E-state index contributed by atoms with van der Waals surface area (Å²) in [4.78, 5) is 4.63. The van der Waals surface area contributed by atoms with Gasteiger partial charge >= 0.3 is 0 Å². The maximum absolute atomic E-state index is 4.63. The van der Waals surface area contributed by atoms with Crippen LogP contribution in [-0.4, -0.2) is 11.5 Å². The summed E-state index contributed by atoms with van der Waals surface area (Å²) in [5.74, 6) is 0. The van der Waals surface area contributed by atoms with Crippen LogP contribution in [0.25, 0.3) is 0 Å². The van der Waals surface area contributed by atoms with Crippen LogP contribution in [0.2, 0.25) is 0 Å². The zero-order valence-electron chi connectivity index (χ0n) is 13.8. The van der Waals surface area contributed by atoms with Gasteiger partial charge in [-0.2, -0.15) is 0 Å². The van der Waals surface area contributed by atoms with Gasteiger partial charge in [-0.3, -0.25) is 4.98 Å². The lowest BCUT2D eigenvalue weighted by Crippen LogP contribution is -2.24. The summed E-state index contributed by atoms with van der Waals surface area (Å²) in [6.45, 7) is 11.7. The number of aromatic nitrogens is 1. The number of nitrogens with one attached hydrogen (secondary N) is 1. The van der Waals surface area contributed by atoms with E-state index in [1.165, 1.54) is 22.3 Å². The normalized spacial score (nSPS) is 12.4. The second kappa shape index (κ2) is 6.86. The lowest BCUT2D eigenvalue weighted by Gasteiger charge is -2.22. The number of nitrogens with zero attached hydrogens (tertiary/aromatic N) is 1. The van der Waals surface area contributed by atoms with Crippen molar-refractivity contribution in [2.75, 3.05) is 6.54 Å². The molecule has 1 heterocycles. The van der Waals surface area contributed by atoms with Crippen LogP contribution in [-0.2, 0) is 0 Å². The molecule has 0 aliphatic heterocycles. The van der Waals surface area contributed by atoms with Crippen molar-refractivity contribution in [3.63, 3.8) is 0 Å². The van der Waals surface area contributed by atoms with E-state index in [2.05, 4.69) is 68.3 Å². The summed E-state index contributed by atoms with van der Waals surface area (Å²) >= 11 is 0. The Kier molecular flexibility index (Phi) is 5.13. The van der Waals surface area contributed by atoms with Gasteiger partial charge in [0, 0.05) is 11.4 Å². The molecular formula is C19H26N2. The van der Waals surface area contributed by atoms with Crippen LogP contribution in [0.15, 0.2) is 30.3 Å². The number of benzene rings is 1. The minimum Gasteiger partial charge on any atom is -0.306 e. The molecule has 0 aliphatic rings. The van der Waals surface area contributed by atoms with E-state index in [0.29, 0.717) is 0 Å². The van der Waals surface area contributed by atoms with Gasteiger partial charge in [0.05, 0.1) is 6.04 Å². The maximum Gasteiger partial charge on any atom is 0.0594 e. The SMILES string of the molecule is CCCNC(c1ccc(C)c(C)c1)c1ccc(C)nc1C. The Balaban J connectivity index is 2.44. The summed E-state index contributed by atoms with van der Waals surface area (Å²) in [6.07, 6.45) is 1.12. The van der Waals surface area contributed by atoms with Crippen LogP contribution >= 0.6 is 0 Å². The highest BCUT2D eigenvalue weighted by atomic mass is 14.9. The molecule has 0 aliphatic carbocycles. The van der Waals surface area contributed by atoms with Gasteiger partial charge in [0.25, 0.3) is 0 Å². The fraction of sp³-hybridized carbons (Fsp3) is 0.421. The second-order valence-corrected chi connectivity index (χ2v) is 5.86. The third-order valence-corrected chi connectivity index (χ3v) is 4.04. The molecule has 0 bridgehead atoms. The number of pyridine rings is 1. The van der Waals surface area contributed by atoms with Crippen LogP contribution < -0.4 is 5.32 Å². The molecule has 21 heavy (non-hydrogen) atoms. The van der Waals surface area contributed by atoms with Crippen LogP contribution in [0.4, 0.5) is 0 Å². The van der Waals surface area contributed by atoms with E-state index >= 15 is 0 Å². The summed E-state index contributed by atoms with van der Waals surface area (Å²) < 4.78 is 0. The molecule has 0 saturated heterocycles. The van der Waals surface area contributed by atoms with Crippen molar-refractivity contribution in [1.29, 1.82) is 0 Å². The Bertz CT molecular complexity index is 617. The Hall–Kier alpha value is -1.67. The van der Waals surface area contributed by atoms with Crippen molar-refractivity contribution in [2.24, 2.45) is 0 Å². The molecule has 1 unspecified atom stereocenters. The van der Waals surface area contributed by atoms with Crippen LogP contribution in [0.3, 0.4) is 0 Å². The number of rotatable bonds is 5. The number of hydrogen-bond donors (Lipinski definition) is 1. The van der Waals surface area contributed by atoms with E-state index in [1.807, 2.05) is 6.92 Å². The minimum atomic E-state index is 0.220. The highest BCUT2D eigenvalue weighted by Crippen LogP contribution is 2.26. The highest BCUT2D eigenvalue weighted by molar-refractivity contribution is 5.38. The molecule has 0 spiro atoms. The van der Waals surface area contributed by atoms with Crippen LogP contribution in [0, 0.1) is 27.7 Å². The molecule has 112 valence electrons. The van der Waals surface area contributed by atoms with Gasteiger partial charge < -0.3 is 5.32 Å². The minimum absolute atomic E-state index is 0.220. The first-order valence-corrected chi connectivity index (χ1v) is 7.77. The van der Waals surface area contributed by atoms with Gasteiger partial charge in [-0.15, -0.1) is 0 Å². The predicted molar refractivity (Wildman–Crippen MR) is 89.8 cm³/mol. The quantitative estimate of drug-likeness (QED) is 0.879. The molecule has 1 aromatic heterocycles. The summed E-state index contributed by atoms with van der Waals surface area (Å²) in [5, 5.41) is 3.67. The molecule has 1 atom stereocenters. The van der Waals surface area contributed by atoms with E-state index in [1.54, 1.807) is 0 Å². The first kappa shape index (κ1) is 15.7. The Morgan fingerprint density at radius 2 is 1.76 bits per heavy atom. The Morgan fingerprint density at radius 3 is 2.38 bits per heavy atom. The van der Waals surface area contributed by atoms with E-state index in [9.17, 15) is 0 Å². The standard InChI is InChI=1S/C19H26N2/c1-6-11-20-19(17-9-7-13(2)14(3)12-17)18-10-8-15(4)21-16(18)5/h7-10,12,19-20H,6,11H2,1-5H3. The summed E-state index contributed by atoms with van der Waals surface area (Å²) in [6, 6.07) is 11.3. The van der Waals surface area contributed by atoms with Crippen LogP contribution in [0.5, 0.6) is 0 Å². The van der Waals surface area contributed by atoms with Gasteiger partial charge in [-0.25, -0.2) is 0 Å². The molecular weight excluding hydrogens is 256 g/mol. The van der Waals surface area contributed by atoms with E-state index < -0.39 is 0 Å². The lowest BCUT2D eigenvalue weighted by atomic mass is 9.94. The zero-order valence-corrected chi connectivity index (χ0v) is 13.8. The van der Waals surface area contributed by atoms with Gasteiger partial charge in [0.15, 0.2) is 0 Å². The highest BCUT2D eigenvalue weighted by Gasteiger charge is 2.16. The van der Waals surface area contributed by atoms with Crippen molar-refractivity contribution >= 4 is 0 Å². The van der Waals surface area contributed by atoms with Crippen molar-refractivity contribution < 1.29 is 0 Å². The average Bonchev–Trinajstić information content (AvgIpc) is 2.44. The molecule has 2 aromatic rings. The first-order valence-electron chi connectivity index (χ1n) is 7.77. The third kappa shape index (κ3) is 3.70. The molecule has 2 nitrogen and oxygen atoms in total. The fourth-order valence-electron chi connectivity index (χ4n) is 2.64. The monoisotopic (exact) mass is 282 g/mol. The van der Waals surface area contributed by atoms with Gasteiger partial charge in [0.2, 0.25) is 0 Å². The van der Waals surface area contributed by atoms with Gasteiger partial charge in [0.1, 0.15) is 0 Å². The Morgan fingerprint density at radius 1 is 1.00 bits per heavy atom. The molecule has 2 heteroatoms. The van der Waals surface area contributed by atoms with E-state index in [0.717, 1.165) is 24.4 Å². The summed E-state index contributed by atoms with van der Waals surface area (Å²) in [5.41, 5.74) is 7.46. The smallest absolute Gasteiger partial charge is 0.0594 e. The number of hydrogen-bond acceptors (Lipinski definition) is 2. The van der Waals surface area contributed by atoms with E-state index in [-0.39, 0.29) is 6.04 Å². The molecule has 1 N–H and O–H groups in total. The van der Waals surface area contributed by atoms with Gasteiger partial charge in [-0.1, -0.05) is 31.2 Å². The van der Waals surface area contributed by atoms with Gasteiger partial charge in [-0.05, 0) is 69.0 Å². The Labute approximate surface area is 128 Å². The van der Waals surface area contributed by atoms with Crippen molar-refractivity contribution in [2.45, 2.75) is 47.1 Å². The largest absolute Gasteiger partial charge is 0.306 e. The average molecular weight is 282 g/mol. The molecule has 2 rings (SSSR count). The van der Waals surface area contributed by atoms with Crippen LogP contribution in [0.1, 0.15) is 53.0 Å². The molecule has 0 radical (unpaired) electrons. The van der Waals surface area contributed by atoms with E-state index in [4.69, 9.17) is 0 Å². The molecule has 0 fully saturated rings. The van der Waals surface area contributed by atoms with Crippen molar-refractivity contribution in [1.82, 2.24) is 10.3 Å². The fourth-order valence-corrected chi connectivity index (χ4v) is 2.64. The third-order valence-electron chi connectivity index (χ3n) is 4.04. The lowest BCUT2D eigenvalue weighted by molar-refractivity contribution is 0.593. The second-order valence-electron chi connectivity index (χ2n) is 5.86. The summed E-state index contributed by atoms with van der Waals surface area (Å²) in [7, 11) is 0. The zero-order chi connectivity index (χ0) is 15.4. The maximum atomic E-state index is 4.63. The number of aryl methyl sites for hydroxylation is 4. The molecule has 0 amide bonds. The molecule has 0 saturated carbocycles. The topological polar surface area (TPSA) is 24.9 Å². The molecule has 1 aromatic carbocycles. The first-order chi connectivity index (χ1) is 10.0. The predicted octanol–water partition coefficient (Wildman–Crippen LogP) is 4.40. The van der Waals surface area contributed by atoms with Crippen molar-refractivity contribution in [3.8, 4) is 0 Å². The van der Waals surface area contributed by atoms with Crippen molar-refractivity contribution in [3.05, 3.63) is 64.0 Å².